The van der Waals surface area contributed by atoms with E-state index in [1.165, 1.54) is 12.8 Å². The van der Waals surface area contributed by atoms with E-state index in [1.54, 1.807) is 13.1 Å². The summed E-state index contributed by atoms with van der Waals surface area (Å²) in [6.45, 7) is 6.97. The number of carbonyl (C=O) groups is 1. The molecule has 1 aliphatic rings. The Morgan fingerprint density at radius 3 is 2.67 bits per heavy atom. The van der Waals surface area contributed by atoms with E-state index in [1.807, 2.05) is 12.1 Å². The van der Waals surface area contributed by atoms with Gasteiger partial charge in [-0.05, 0) is 48.8 Å². The first kappa shape index (κ1) is 16.2. The van der Waals surface area contributed by atoms with Gasteiger partial charge in [0.15, 0.2) is 0 Å². The van der Waals surface area contributed by atoms with Gasteiger partial charge in [0.1, 0.15) is 0 Å². The number of hydrogen-bond acceptors (Lipinski definition) is 2. The molecule has 1 aromatic rings. The van der Waals surface area contributed by atoms with Crippen molar-refractivity contribution >= 4 is 23.2 Å². The Labute approximate surface area is 132 Å². The number of carbonyl (C=O) groups excluding carboxylic acids is 1. The third-order valence-corrected chi connectivity index (χ3v) is 4.53. The lowest BCUT2D eigenvalue weighted by Gasteiger charge is -2.39. The molecule has 1 aliphatic carbocycles. The predicted octanol–water partition coefficient (Wildman–Crippen LogP) is 4.33. The highest BCUT2D eigenvalue weighted by molar-refractivity contribution is 6.34. The lowest BCUT2D eigenvalue weighted by molar-refractivity contribution is 0.0963. The Balaban J connectivity index is 2.14. The number of amides is 1. The van der Waals surface area contributed by atoms with E-state index in [-0.39, 0.29) is 5.91 Å². The highest BCUT2D eigenvalue weighted by Crippen LogP contribution is 2.39. The molecule has 2 unspecified atom stereocenters. The lowest BCUT2D eigenvalue weighted by Crippen LogP contribution is -2.35. The Morgan fingerprint density at radius 1 is 1.33 bits per heavy atom. The maximum atomic E-state index is 11.8. The Kier molecular flexibility index (Phi) is 4.82. The van der Waals surface area contributed by atoms with Gasteiger partial charge in [-0.2, -0.15) is 0 Å². The highest BCUT2D eigenvalue weighted by atomic mass is 35.5. The number of hydrogen-bond donors (Lipinski definition) is 2. The fourth-order valence-electron chi connectivity index (χ4n) is 3.62. The second-order valence-electron chi connectivity index (χ2n) is 7.03. The summed E-state index contributed by atoms with van der Waals surface area (Å²) < 4.78 is 0. The molecule has 2 N–H and O–H groups in total. The van der Waals surface area contributed by atoms with E-state index in [4.69, 9.17) is 11.6 Å². The molecule has 0 radical (unpaired) electrons. The molecule has 1 amide bonds. The van der Waals surface area contributed by atoms with Gasteiger partial charge in [-0.25, -0.2) is 0 Å². The molecule has 1 fully saturated rings. The van der Waals surface area contributed by atoms with Gasteiger partial charge in [-0.3, -0.25) is 4.79 Å². The van der Waals surface area contributed by atoms with Crippen LogP contribution in [0.4, 0.5) is 5.69 Å². The number of benzene rings is 1. The van der Waals surface area contributed by atoms with Crippen molar-refractivity contribution in [1.82, 2.24) is 5.32 Å². The zero-order valence-electron chi connectivity index (χ0n) is 13.3. The van der Waals surface area contributed by atoms with E-state index in [2.05, 4.69) is 31.4 Å². The van der Waals surface area contributed by atoms with Crippen LogP contribution in [0, 0.1) is 11.3 Å². The second kappa shape index (κ2) is 6.27. The number of rotatable bonds is 3. The van der Waals surface area contributed by atoms with Crippen LogP contribution < -0.4 is 10.6 Å². The van der Waals surface area contributed by atoms with Crippen molar-refractivity contribution < 1.29 is 4.79 Å². The summed E-state index contributed by atoms with van der Waals surface area (Å²) >= 11 is 6.09. The van der Waals surface area contributed by atoms with Gasteiger partial charge in [0, 0.05) is 18.8 Å². The van der Waals surface area contributed by atoms with Crippen molar-refractivity contribution in [2.75, 3.05) is 12.4 Å². The van der Waals surface area contributed by atoms with Gasteiger partial charge in [0.25, 0.3) is 5.91 Å². The summed E-state index contributed by atoms with van der Waals surface area (Å²) in [6, 6.07) is 6.02. The molecule has 3 nitrogen and oxygen atoms in total. The van der Waals surface area contributed by atoms with Crippen LogP contribution in [-0.2, 0) is 0 Å². The van der Waals surface area contributed by atoms with Gasteiger partial charge in [0.05, 0.1) is 10.6 Å². The molecule has 0 bridgehead atoms. The predicted molar refractivity (Wildman–Crippen MR) is 89.0 cm³/mol. The Morgan fingerprint density at radius 2 is 2.05 bits per heavy atom. The average Bonchev–Trinajstić information content (AvgIpc) is 2.37. The fraction of sp³-hybridized carbons (Fsp3) is 0.588. The van der Waals surface area contributed by atoms with Gasteiger partial charge in [-0.1, -0.05) is 32.4 Å². The first-order valence-electron chi connectivity index (χ1n) is 7.59. The quantitative estimate of drug-likeness (QED) is 0.873. The van der Waals surface area contributed by atoms with E-state index in [9.17, 15) is 4.79 Å². The van der Waals surface area contributed by atoms with Gasteiger partial charge in [0.2, 0.25) is 0 Å². The summed E-state index contributed by atoms with van der Waals surface area (Å²) in [4.78, 5) is 11.8. The van der Waals surface area contributed by atoms with Crippen LogP contribution >= 0.6 is 11.6 Å². The lowest BCUT2D eigenvalue weighted by atomic mass is 9.70. The molecule has 2 rings (SSSR count). The first-order chi connectivity index (χ1) is 9.80. The summed E-state index contributed by atoms with van der Waals surface area (Å²) in [6.07, 6.45) is 3.59. The molecule has 0 spiro atoms. The van der Waals surface area contributed by atoms with E-state index in [0.29, 0.717) is 22.0 Å². The molecule has 0 aromatic heterocycles. The molecule has 0 aliphatic heterocycles. The summed E-state index contributed by atoms with van der Waals surface area (Å²) in [5, 5.41) is 6.68. The largest absolute Gasteiger partial charge is 0.382 e. The van der Waals surface area contributed by atoms with E-state index in [0.717, 1.165) is 18.0 Å². The van der Waals surface area contributed by atoms with Crippen molar-refractivity contribution in [1.29, 1.82) is 0 Å². The molecule has 4 heteroatoms. The molecule has 21 heavy (non-hydrogen) atoms. The van der Waals surface area contributed by atoms with Crippen molar-refractivity contribution in [3.63, 3.8) is 0 Å². The van der Waals surface area contributed by atoms with E-state index >= 15 is 0 Å². The van der Waals surface area contributed by atoms with Crippen LogP contribution in [-0.4, -0.2) is 19.0 Å². The van der Waals surface area contributed by atoms with Crippen molar-refractivity contribution in [2.24, 2.45) is 11.3 Å². The second-order valence-corrected chi connectivity index (χ2v) is 7.44. The van der Waals surface area contributed by atoms with Crippen LogP contribution in [0.15, 0.2) is 18.2 Å². The maximum absolute atomic E-state index is 11.8. The van der Waals surface area contributed by atoms with Crippen molar-refractivity contribution in [2.45, 2.75) is 46.1 Å². The number of nitrogens with one attached hydrogen (secondary N) is 2. The third kappa shape index (κ3) is 4.13. The Hall–Kier alpha value is -1.22. The van der Waals surface area contributed by atoms with Crippen molar-refractivity contribution in [3.05, 3.63) is 28.8 Å². The minimum Gasteiger partial charge on any atom is -0.382 e. The minimum atomic E-state index is -0.152. The van der Waals surface area contributed by atoms with Gasteiger partial charge in [-0.15, -0.1) is 0 Å². The summed E-state index contributed by atoms with van der Waals surface area (Å²) in [7, 11) is 1.62. The summed E-state index contributed by atoms with van der Waals surface area (Å²) in [5.41, 5.74) is 1.85. The zero-order valence-corrected chi connectivity index (χ0v) is 14.1. The highest BCUT2D eigenvalue weighted by Gasteiger charge is 2.31. The van der Waals surface area contributed by atoms with E-state index < -0.39 is 0 Å². The molecular formula is C17H25ClN2O. The fourth-order valence-corrected chi connectivity index (χ4v) is 3.82. The number of halogens is 1. The Bertz CT molecular complexity index is 528. The smallest absolute Gasteiger partial charge is 0.252 e. The molecule has 2 atom stereocenters. The molecular weight excluding hydrogens is 284 g/mol. The minimum absolute atomic E-state index is 0.152. The molecule has 1 saturated carbocycles. The molecule has 116 valence electrons. The SMILES string of the molecule is CNC(=O)c1cc(NC2CC(C)CC(C)(C)C2)ccc1Cl. The van der Waals surface area contributed by atoms with Crippen LogP contribution in [0.5, 0.6) is 0 Å². The van der Waals surface area contributed by atoms with Gasteiger partial charge >= 0.3 is 0 Å². The molecule has 1 aromatic carbocycles. The third-order valence-electron chi connectivity index (χ3n) is 4.20. The average molecular weight is 309 g/mol. The normalized spacial score (nSPS) is 24.4. The molecule has 0 heterocycles. The van der Waals surface area contributed by atoms with Crippen LogP contribution in [0.2, 0.25) is 5.02 Å². The first-order valence-corrected chi connectivity index (χ1v) is 7.97. The van der Waals surface area contributed by atoms with Crippen LogP contribution in [0.1, 0.15) is 50.4 Å². The number of anilines is 1. The van der Waals surface area contributed by atoms with Crippen LogP contribution in [0.25, 0.3) is 0 Å². The summed E-state index contributed by atoms with van der Waals surface area (Å²) in [5.74, 6) is 0.568. The maximum Gasteiger partial charge on any atom is 0.252 e. The topological polar surface area (TPSA) is 41.1 Å². The standard InChI is InChI=1S/C17H25ClN2O/c1-11-7-13(10-17(2,3)9-11)20-12-5-6-15(18)14(8-12)16(21)19-4/h5-6,8,11,13,20H,7,9-10H2,1-4H3,(H,19,21). The zero-order chi connectivity index (χ0) is 15.6. The van der Waals surface area contributed by atoms with Crippen molar-refractivity contribution in [3.8, 4) is 0 Å². The van der Waals surface area contributed by atoms with Gasteiger partial charge < -0.3 is 10.6 Å². The monoisotopic (exact) mass is 308 g/mol. The van der Waals surface area contributed by atoms with Crippen LogP contribution in [0.3, 0.4) is 0 Å². The molecule has 0 saturated heterocycles.